The Morgan fingerprint density at radius 2 is 1.78 bits per heavy atom. The zero-order chi connectivity index (χ0) is 6.57. The van der Waals surface area contributed by atoms with E-state index in [0.29, 0.717) is 0 Å². The summed E-state index contributed by atoms with van der Waals surface area (Å²) in [5.74, 6) is -0.801. The van der Waals surface area contributed by atoms with Gasteiger partial charge in [-0.25, -0.2) is 0 Å². The van der Waals surface area contributed by atoms with Gasteiger partial charge in [0, 0.05) is 32.7 Å². The fourth-order valence-corrected chi connectivity index (χ4v) is 0.638. The molecule has 0 rings (SSSR count). The van der Waals surface area contributed by atoms with Crippen LogP contribution in [0.15, 0.2) is 0 Å². The van der Waals surface area contributed by atoms with E-state index in [-0.39, 0.29) is 38.6 Å². The van der Waals surface area contributed by atoms with E-state index in [0.717, 1.165) is 12.8 Å². The summed E-state index contributed by atoms with van der Waals surface area (Å²) in [6, 6.07) is 0. The van der Waals surface area contributed by atoms with Crippen LogP contribution >= 0.6 is 0 Å². The largest absolute Gasteiger partial charge is 0.481 e. The Labute approximate surface area is 80.9 Å². The first-order chi connectivity index (χ1) is 3.72. The minimum atomic E-state index is -0.671. The third kappa shape index (κ3) is 5.04. The van der Waals surface area contributed by atoms with Crippen molar-refractivity contribution in [3.05, 3.63) is 0 Å². The second-order valence-corrected chi connectivity index (χ2v) is 1.85. The van der Waals surface area contributed by atoms with Crippen LogP contribution in [0, 0.1) is 5.92 Å². The van der Waals surface area contributed by atoms with E-state index in [1.165, 1.54) is 0 Å². The Morgan fingerprint density at radius 3 is 1.78 bits per heavy atom. The monoisotopic (exact) mass is 205 g/mol. The van der Waals surface area contributed by atoms with E-state index in [2.05, 4.69) is 0 Å². The molecule has 1 N–H and O–H groups in total. The number of carboxylic acids is 1. The first-order valence-corrected chi connectivity index (χ1v) is 2.95. The molecule has 9 heavy (non-hydrogen) atoms. The summed E-state index contributed by atoms with van der Waals surface area (Å²) in [6.07, 6.45) is 1.48. The number of carbonyl (C=O) groups is 1. The zero-order valence-corrected chi connectivity index (χ0v) is 8.76. The topological polar surface area (TPSA) is 37.3 Å². The molecule has 0 unspecified atom stereocenters. The average molecular weight is 205 g/mol. The smallest absolute Gasteiger partial charge is 0.306 e. The van der Waals surface area contributed by atoms with Gasteiger partial charge in [-0.05, 0) is 12.8 Å². The summed E-state index contributed by atoms with van der Waals surface area (Å²) in [5.41, 5.74) is 0. The Bertz CT molecular complexity index is 79.1. The molecule has 0 saturated carbocycles. The third-order valence-corrected chi connectivity index (χ3v) is 1.33. The Balaban J connectivity index is 0. The van der Waals surface area contributed by atoms with Crippen molar-refractivity contribution in [3.63, 3.8) is 0 Å². The van der Waals surface area contributed by atoms with Crippen molar-refractivity contribution in [1.29, 1.82) is 0 Å². The summed E-state index contributed by atoms with van der Waals surface area (Å²) in [5, 5.41) is 8.37. The van der Waals surface area contributed by atoms with Crippen LogP contribution in [-0.2, 0) is 37.5 Å². The molecule has 0 spiro atoms. The van der Waals surface area contributed by atoms with Gasteiger partial charge in [0.05, 0.1) is 5.92 Å². The number of rotatable bonds is 3. The molecule has 0 amide bonds. The van der Waals surface area contributed by atoms with Crippen LogP contribution in [0.1, 0.15) is 26.7 Å². The van der Waals surface area contributed by atoms with Crippen molar-refractivity contribution in [2.24, 2.45) is 5.92 Å². The molecular weight excluding hydrogens is 193 g/mol. The third-order valence-electron chi connectivity index (χ3n) is 1.33. The first-order valence-electron chi connectivity index (χ1n) is 2.95. The predicted octanol–water partition coefficient (Wildman–Crippen LogP) is 1.50. The summed E-state index contributed by atoms with van der Waals surface area (Å²) < 4.78 is 0. The van der Waals surface area contributed by atoms with Crippen LogP contribution in [0.2, 0.25) is 0 Å². The molecule has 0 aliphatic heterocycles. The number of hydrogen-bond donors (Lipinski definition) is 1. The number of aliphatic carboxylic acids is 1. The molecule has 0 aliphatic carbocycles. The van der Waals surface area contributed by atoms with Crippen LogP contribution in [-0.4, -0.2) is 11.1 Å². The van der Waals surface area contributed by atoms with Gasteiger partial charge < -0.3 is 5.11 Å². The van der Waals surface area contributed by atoms with Gasteiger partial charge in [0.2, 0.25) is 0 Å². The molecule has 0 aromatic carbocycles. The minimum Gasteiger partial charge on any atom is -0.481 e. The van der Waals surface area contributed by atoms with E-state index in [4.69, 9.17) is 5.11 Å². The van der Waals surface area contributed by atoms with E-state index in [1.807, 2.05) is 13.8 Å². The Hall–Kier alpha value is 0.574. The fourth-order valence-electron chi connectivity index (χ4n) is 0.638. The molecule has 3 heteroatoms. The van der Waals surface area contributed by atoms with Gasteiger partial charge in [-0.2, -0.15) is 0 Å². The summed E-state index contributed by atoms with van der Waals surface area (Å²) in [7, 11) is 0. The molecule has 0 aromatic rings. The molecule has 0 bridgehead atoms. The van der Waals surface area contributed by atoms with E-state index < -0.39 is 5.97 Å². The van der Waals surface area contributed by atoms with Crippen molar-refractivity contribution in [2.75, 3.05) is 0 Å². The molecule has 0 heterocycles. The molecule has 1 radical (unpaired) electrons. The van der Waals surface area contributed by atoms with Gasteiger partial charge >= 0.3 is 5.97 Å². The fraction of sp³-hybridized carbons (Fsp3) is 0.833. The molecule has 0 fully saturated rings. The molecule has 0 aromatic heterocycles. The van der Waals surface area contributed by atoms with Gasteiger partial charge in [-0.1, -0.05) is 13.8 Å². The predicted molar refractivity (Wildman–Crippen MR) is 31.7 cm³/mol. The van der Waals surface area contributed by atoms with Gasteiger partial charge in [-0.3, -0.25) is 4.79 Å². The van der Waals surface area contributed by atoms with Gasteiger partial charge in [0.1, 0.15) is 0 Å². The molecule has 2 nitrogen and oxygen atoms in total. The molecule has 0 aliphatic rings. The average Bonchev–Trinajstić information content (AvgIpc) is 1.69. The van der Waals surface area contributed by atoms with E-state index in [9.17, 15) is 4.79 Å². The van der Waals surface area contributed by atoms with Gasteiger partial charge in [0.15, 0.2) is 0 Å². The summed E-state index contributed by atoms with van der Waals surface area (Å²) in [4.78, 5) is 10.2. The SMILES string of the molecule is CCC(CC)C(=O)O.[Y]. The second-order valence-electron chi connectivity index (χ2n) is 1.85. The summed E-state index contributed by atoms with van der Waals surface area (Å²) in [6.45, 7) is 3.78. The number of carboxylic acid groups (broad SMARTS) is 1. The van der Waals surface area contributed by atoms with Crippen LogP contribution in [0.3, 0.4) is 0 Å². The molecule has 0 saturated heterocycles. The van der Waals surface area contributed by atoms with Crippen molar-refractivity contribution < 1.29 is 42.6 Å². The molecule has 0 atom stereocenters. The van der Waals surface area contributed by atoms with E-state index in [1.54, 1.807) is 0 Å². The van der Waals surface area contributed by atoms with Crippen molar-refractivity contribution in [1.82, 2.24) is 0 Å². The van der Waals surface area contributed by atoms with Crippen molar-refractivity contribution in [2.45, 2.75) is 26.7 Å². The van der Waals surface area contributed by atoms with Crippen molar-refractivity contribution >= 4 is 5.97 Å². The first kappa shape index (κ1) is 12.3. The Kier molecular flexibility index (Phi) is 9.12. The van der Waals surface area contributed by atoms with Crippen LogP contribution in [0.25, 0.3) is 0 Å². The standard InChI is InChI=1S/C6H12O2.Y/c1-3-5(4-2)6(7)8;/h5H,3-4H2,1-2H3,(H,7,8);. The van der Waals surface area contributed by atoms with Crippen molar-refractivity contribution in [3.8, 4) is 0 Å². The zero-order valence-electron chi connectivity index (χ0n) is 5.92. The summed E-state index contributed by atoms with van der Waals surface area (Å²) >= 11 is 0. The normalized spacial score (nSPS) is 8.78. The maximum atomic E-state index is 10.2. The van der Waals surface area contributed by atoms with E-state index >= 15 is 0 Å². The maximum Gasteiger partial charge on any atom is 0.306 e. The molecular formula is C6H12O2Y. The van der Waals surface area contributed by atoms with Gasteiger partial charge in [-0.15, -0.1) is 0 Å². The second kappa shape index (κ2) is 6.69. The van der Waals surface area contributed by atoms with Crippen LogP contribution in [0.5, 0.6) is 0 Å². The number of hydrogen-bond acceptors (Lipinski definition) is 1. The minimum absolute atomic E-state index is 0. The quantitative estimate of drug-likeness (QED) is 0.758. The molecule has 51 valence electrons. The maximum absolute atomic E-state index is 10.2. The Morgan fingerprint density at radius 1 is 1.44 bits per heavy atom. The van der Waals surface area contributed by atoms with Crippen LogP contribution in [0.4, 0.5) is 0 Å². The van der Waals surface area contributed by atoms with Crippen LogP contribution < -0.4 is 0 Å². The van der Waals surface area contributed by atoms with Gasteiger partial charge in [0.25, 0.3) is 0 Å².